The Balaban J connectivity index is 3.72. The maximum absolute atomic E-state index is 4.01. The normalized spacial score (nSPS) is 13.1. The molecular formula is C13H30Br2P2+2. The molecule has 4 heteroatoms. The minimum Gasteiger partial charge on any atom is -0.0464 e. The highest BCUT2D eigenvalue weighted by atomic mass is 79.9. The van der Waals surface area contributed by atoms with Crippen molar-refractivity contribution in [2.45, 2.75) is 47.0 Å². The summed E-state index contributed by atoms with van der Waals surface area (Å²) in [4.78, 5) is 0. The zero-order chi connectivity index (χ0) is 13.4. The van der Waals surface area contributed by atoms with Crippen molar-refractivity contribution in [2.24, 2.45) is 0 Å². The molecule has 104 valence electrons. The zero-order valence-corrected chi connectivity index (χ0v) is 17.0. The van der Waals surface area contributed by atoms with Crippen molar-refractivity contribution in [1.29, 1.82) is 0 Å². The van der Waals surface area contributed by atoms with Crippen LogP contribution in [0.3, 0.4) is 0 Å². The van der Waals surface area contributed by atoms with Gasteiger partial charge in [-0.05, 0) is 47.0 Å². The maximum Gasteiger partial charge on any atom is 0.138 e. The molecule has 0 bridgehead atoms. The third kappa shape index (κ3) is 7.86. The molecule has 0 aliphatic rings. The van der Waals surface area contributed by atoms with E-state index in [0.29, 0.717) is 0 Å². The highest BCUT2D eigenvalue weighted by molar-refractivity contribution is 9.42. The van der Waals surface area contributed by atoms with Crippen LogP contribution >= 0.6 is 42.9 Å². The van der Waals surface area contributed by atoms with E-state index in [1.165, 1.54) is 56.2 Å². The van der Waals surface area contributed by atoms with Crippen molar-refractivity contribution in [2.75, 3.05) is 37.0 Å². The molecule has 0 rings (SSSR count). The highest BCUT2D eigenvalue weighted by Crippen LogP contribution is 2.67. The van der Waals surface area contributed by atoms with E-state index in [2.05, 4.69) is 58.7 Å². The molecule has 0 N–H and O–H groups in total. The van der Waals surface area contributed by atoms with E-state index in [1.807, 2.05) is 0 Å². The first kappa shape index (κ1) is 18.8. The highest BCUT2D eigenvalue weighted by Gasteiger charge is 2.31. The van der Waals surface area contributed by atoms with Crippen molar-refractivity contribution in [1.82, 2.24) is 0 Å². The molecule has 0 atom stereocenters. The minimum atomic E-state index is -0.716. The molecule has 0 radical (unpaired) electrons. The first-order valence-electron chi connectivity index (χ1n) is 7.06. The van der Waals surface area contributed by atoms with Crippen molar-refractivity contribution in [3.8, 4) is 0 Å². The van der Waals surface area contributed by atoms with Crippen LogP contribution in [0.25, 0.3) is 0 Å². The summed E-state index contributed by atoms with van der Waals surface area (Å²) in [7, 11) is 0. The Morgan fingerprint density at radius 2 is 0.882 bits per heavy atom. The van der Waals surface area contributed by atoms with Crippen LogP contribution < -0.4 is 0 Å². The van der Waals surface area contributed by atoms with E-state index >= 15 is 0 Å². The lowest BCUT2D eigenvalue weighted by atomic mass is 10.3. The molecule has 0 nitrogen and oxygen atoms in total. The first-order chi connectivity index (χ1) is 7.95. The molecule has 0 saturated carbocycles. The Hall–Kier alpha value is 1.82. The van der Waals surface area contributed by atoms with Crippen LogP contribution in [-0.2, 0) is 0 Å². The SMILES string of the molecule is CC[P+](Br)(CC)CCCCC[P+](Br)(CC)CC. The van der Waals surface area contributed by atoms with Crippen molar-refractivity contribution in [3.05, 3.63) is 0 Å². The minimum absolute atomic E-state index is 0.716. The molecule has 17 heavy (non-hydrogen) atoms. The largest absolute Gasteiger partial charge is 0.138 e. The Bertz CT molecular complexity index is 170. The van der Waals surface area contributed by atoms with E-state index in [-0.39, 0.29) is 0 Å². The fraction of sp³-hybridized carbons (Fsp3) is 1.00. The second-order valence-corrected chi connectivity index (χ2v) is 21.4. The van der Waals surface area contributed by atoms with Crippen LogP contribution in [-0.4, -0.2) is 37.0 Å². The lowest BCUT2D eigenvalue weighted by molar-refractivity contribution is 0.777. The second-order valence-electron chi connectivity index (χ2n) is 4.83. The van der Waals surface area contributed by atoms with E-state index in [9.17, 15) is 0 Å². The van der Waals surface area contributed by atoms with Gasteiger partial charge in [0, 0.05) is 0 Å². The van der Waals surface area contributed by atoms with Gasteiger partial charge >= 0.3 is 0 Å². The van der Waals surface area contributed by atoms with Gasteiger partial charge in [-0.1, -0.05) is 0 Å². The van der Waals surface area contributed by atoms with Gasteiger partial charge < -0.3 is 0 Å². The van der Waals surface area contributed by atoms with Crippen molar-refractivity contribution < 1.29 is 0 Å². The summed E-state index contributed by atoms with van der Waals surface area (Å²) in [5.41, 5.74) is 0. The molecule has 0 aliphatic heterocycles. The number of hydrogen-bond donors (Lipinski definition) is 0. The third-order valence-electron chi connectivity index (χ3n) is 3.88. The number of halogens is 2. The van der Waals surface area contributed by atoms with Gasteiger partial charge in [0.15, 0.2) is 0 Å². The summed E-state index contributed by atoms with van der Waals surface area (Å²) in [6.45, 7) is 9.37. The fourth-order valence-electron chi connectivity index (χ4n) is 2.05. The average Bonchev–Trinajstić information content (AvgIpc) is 2.37. The summed E-state index contributed by atoms with van der Waals surface area (Å²) >= 11 is 8.02. The molecule has 0 aromatic heterocycles. The third-order valence-corrected chi connectivity index (χ3v) is 18.8. The zero-order valence-electron chi connectivity index (χ0n) is 12.0. The molecule has 0 spiro atoms. The summed E-state index contributed by atoms with van der Waals surface area (Å²) in [5.74, 6) is -1.43. The fourth-order valence-corrected chi connectivity index (χ4v) is 7.29. The molecular weight excluding hydrogens is 378 g/mol. The number of rotatable bonds is 10. The smallest absolute Gasteiger partial charge is 0.0464 e. The molecule has 0 aromatic carbocycles. The lowest BCUT2D eigenvalue weighted by Crippen LogP contribution is -2.00. The van der Waals surface area contributed by atoms with Gasteiger partial charge in [0.2, 0.25) is 0 Å². The van der Waals surface area contributed by atoms with Gasteiger partial charge in [-0.15, -0.1) is 0 Å². The molecule has 0 saturated heterocycles. The van der Waals surface area contributed by atoms with Crippen LogP contribution in [0.2, 0.25) is 0 Å². The topological polar surface area (TPSA) is 0 Å². The predicted octanol–water partition coefficient (Wildman–Crippen LogP) is 6.89. The van der Waals surface area contributed by atoms with Crippen LogP contribution in [0.15, 0.2) is 0 Å². The second kappa shape index (κ2) is 9.68. The Morgan fingerprint density at radius 3 is 1.12 bits per heavy atom. The van der Waals surface area contributed by atoms with Gasteiger partial charge in [-0.25, -0.2) is 0 Å². The van der Waals surface area contributed by atoms with Gasteiger partial charge in [0.25, 0.3) is 0 Å². The van der Waals surface area contributed by atoms with Gasteiger partial charge in [0.1, 0.15) is 31.0 Å². The Labute approximate surface area is 126 Å². The van der Waals surface area contributed by atoms with Gasteiger partial charge in [0.05, 0.1) is 48.9 Å². The van der Waals surface area contributed by atoms with Crippen LogP contribution in [0.5, 0.6) is 0 Å². The van der Waals surface area contributed by atoms with Gasteiger partial charge in [-0.2, -0.15) is 0 Å². The predicted molar refractivity (Wildman–Crippen MR) is 97.4 cm³/mol. The molecule has 0 aliphatic carbocycles. The molecule has 0 aromatic rings. The summed E-state index contributed by atoms with van der Waals surface area (Å²) < 4.78 is 0. The molecule has 0 amide bonds. The Kier molecular flexibility index (Phi) is 10.7. The van der Waals surface area contributed by atoms with E-state index in [4.69, 9.17) is 0 Å². The average molecular weight is 408 g/mol. The summed E-state index contributed by atoms with van der Waals surface area (Å²) in [5, 5.41) is 0. The van der Waals surface area contributed by atoms with Crippen LogP contribution in [0, 0.1) is 0 Å². The molecule has 0 unspecified atom stereocenters. The quantitative estimate of drug-likeness (QED) is 0.273. The van der Waals surface area contributed by atoms with E-state index < -0.39 is 11.9 Å². The molecule has 0 fully saturated rings. The van der Waals surface area contributed by atoms with Crippen molar-refractivity contribution in [3.63, 3.8) is 0 Å². The van der Waals surface area contributed by atoms with E-state index in [0.717, 1.165) is 0 Å². The molecule has 0 heterocycles. The van der Waals surface area contributed by atoms with E-state index in [1.54, 1.807) is 0 Å². The first-order valence-corrected chi connectivity index (χ1v) is 15.8. The Morgan fingerprint density at radius 1 is 0.588 bits per heavy atom. The number of hydrogen-bond acceptors (Lipinski definition) is 0. The standard InChI is InChI=1S/C13H30Br2P2/c1-5-16(14,6-2)12-10-9-11-13-17(15,7-3)8-4/h5-13H2,1-4H3/q+2. The monoisotopic (exact) mass is 406 g/mol. The van der Waals surface area contributed by atoms with Crippen molar-refractivity contribution >= 4 is 42.9 Å². The summed E-state index contributed by atoms with van der Waals surface area (Å²) in [6, 6.07) is 0. The number of unbranched alkanes of at least 4 members (excludes halogenated alkanes) is 2. The van der Waals surface area contributed by atoms with Crippen LogP contribution in [0.1, 0.15) is 47.0 Å². The van der Waals surface area contributed by atoms with Crippen LogP contribution in [0.4, 0.5) is 0 Å². The maximum atomic E-state index is 4.01. The summed E-state index contributed by atoms with van der Waals surface area (Å²) in [6.07, 6.45) is 12.7. The lowest BCUT2D eigenvalue weighted by Gasteiger charge is -2.17. The van der Waals surface area contributed by atoms with Gasteiger partial charge in [-0.3, -0.25) is 0 Å².